The molecule has 0 aliphatic carbocycles. The van der Waals surface area contributed by atoms with Crippen LogP contribution in [0.25, 0.3) is 0 Å². The molecule has 0 aliphatic rings. The van der Waals surface area contributed by atoms with Crippen molar-refractivity contribution in [3.63, 3.8) is 0 Å². The molecule has 6 rings (SSSR count). The van der Waals surface area contributed by atoms with Crippen molar-refractivity contribution >= 4 is 70.3 Å². The van der Waals surface area contributed by atoms with E-state index in [1.807, 2.05) is 42.2 Å². The number of unbranched alkanes of at least 4 members (excludes halogenated alkanes) is 7. The van der Waals surface area contributed by atoms with Gasteiger partial charge in [0.1, 0.15) is 28.5 Å². The number of anilines is 5. The number of nitrogens with one attached hydrogen (secondary N) is 7. The Labute approximate surface area is 449 Å². The van der Waals surface area contributed by atoms with E-state index in [9.17, 15) is 33.6 Å². The van der Waals surface area contributed by atoms with E-state index in [2.05, 4.69) is 47.1 Å². The van der Waals surface area contributed by atoms with Crippen LogP contribution in [0.1, 0.15) is 127 Å². The summed E-state index contributed by atoms with van der Waals surface area (Å²) in [7, 11) is 14.8. The van der Waals surface area contributed by atoms with Gasteiger partial charge in [0.05, 0.1) is 28.4 Å². The predicted molar refractivity (Wildman–Crippen MR) is 298 cm³/mol. The molecule has 7 N–H and O–H groups in total. The Morgan fingerprint density at radius 3 is 1.23 bits per heavy atom. The molecule has 6 aromatic heterocycles. The topological polar surface area (TPSA) is 253 Å². The minimum atomic E-state index is -0.416. The van der Waals surface area contributed by atoms with Gasteiger partial charge in [-0.15, -0.1) is 0 Å². The molecule has 0 radical (unpaired) electrons. The zero-order valence-electron chi connectivity index (χ0n) is 45.7. The monoisotopic (exact) mass is 1060 g/mol. The van der Waals surface area contributed by atoms with E-state index in [1.165, 1.54) is 0 Å². The number of hydrogen-bond acceptors (Lipinski definition) is 10. The third kappa shape index (κ3) is 16.9. The van der Waals surface area contributed by atoms with Gasteiger partial charge in [0.2, 0.25) is 6.41 Å². The second-order valence-corrected chi connectivity index (χ2v) is 19.9. The molecule has 0 aromatic carbocycles. The number of amides is 7. The van der Waals surface area contributed by atoms with Crippen LogP contribution in [0.5, 0.6) is 0 Å². The van der Waals surface area contributed by atoms with Gasteiger partial charge in [-0.3, -0.25) is 33.6 Å². The Balaban J connectivity index is 1.01. The molecular weight excluding hydrogens is 985 g/mol. The van der Waals surface area contributed by atoms with Crippen LogP contribution in [-0.4, -0.2) is 138 Å². The third-order valence-electron chi connectivity index (χ3n) is 12.9. The van der Waals surface area contributed by atoms with E-state index in [4.69, 9.17) is 0 Å². The average molecular weight is 1060 g/mol. The van der Waals surface area contributed by atoms with Gasteiger partial charge < -0.3 is 74.4 Å². The fourth-order valence-corrected chi connectivity index (χ4v) is 8.92. The standard InChI is InChI=1S/C54H76N16O7/c1-63(2)22-17-19-56-49(72)43-28-39(33-67(43)7)59-52(75)46-30-41(61-51(74)45-27-38(58-37-71)32-66(45)6)35-69(46)24-15-13-11-9-10-12-14-16-25-70-36-42(62-54(77)48-55-21-26-65(48)5)31-47(70)53(76)60-40-29-44(68(8)34-40)50(73)57-20-18-23-64(3)4/h21,26-37H,9-20,22-25H2,1-8H3,(H,56,72)(H,57,73)(H,58,71)(H,59,75)(H,60,76)(H,61,74)(H,62,77). The summed E-state index contributed by atoms with van der Waals surface area (Å²) in [6.07, 6.45) is 21.2. The lowest BCUT2D eigenvalue weighted by Crippen LogP contribution is -2.28. The first-order chi connectivity index (χ1) is 36.9. The van der Waals surface area contributed by atoms with Crippen molar-refractivity contribution in [3.05, 3.63) is 108 Å². The molecule has 6 heterocycles. The van der Waals surface area contributed by atoms with Crippen LogP contribution in [0.3, 0.4) is 0 Å². The van der Waals surface area contributed by atoms with E-state index in [-0.39, 0.29) is 23.5 Å². The van der Waals surface area contributed by atoms with Crippen LogP contribution in [0, 0.1) is 0 Å². The molecule has 0 aliphatic heterocycles. The second kappa shape index (κ2) is 28.1. The van der Waals surface area contributed by atoms with Crippen LogP contribution < -0.4 is 37.2 Å². The summed E-state index contributed by atoms with van der Waals surface area (Å²) in [5.41, 5.74) is 4.09. The minimum Gasteiger partial charge on any atom is -0.351 e. The lowest BCUT2D eigenvalue weighted by molar-refractivity contribution is -0.105. The van der Waals surface area contributed by atoms with Gasteiger partial charge in [0, 0.05) is 97.7 Å². The summed E-state index contributed by atoms with van der Waals surface area (Å²) in [6.45, 7) is 3.77. The summed E-state index contributed by atoms with van der Waals surface area (Å²) in [4.78, 5) is 99.4. The van der Waals surface area contributed by atoms with E-state index < -0.39 is 17.7 Å². The Morgan fingerprint density at radius 1 is 0.455 bits per heavy atom. The maximum Gasteiger partial charge on any atom is 0.291 e. The predicted octanol–water partition coefficient (Wildman–Crippen LogP) is 5.80. The van der Waals surface area contributed by atoms with Crippen molar-refractivity contribution in [1.29, 1.82) is 0 Å². The van der Waals surface area contributed by atoms with Gasteiger partial charge in [-0.05, 0) is 97.3 Å². The van der Waals surface area contributed by atoms with Crippen molar-refractivity contribution in [2.24, 2.45) is 28.2 Å². The van der Waals surface area contributed by atoms with Crippen LogP contribution in [0.2, 0.25) is 0 Å². The Kier molecular flexibility index (Phi) is 21.2. The molecule has 0 atom stereocenters. The lowest BCUT2D eigenvalue weighted by atomic mass is 10.1. The first-order valence-corrected chi connectivity index (χ1v) is 26.1. The molecule has 0 saturated heterocycles. The zero-order valence-corrected chi connectivity index (χ0v) is 45.7. The molecule has 23 nitrogen and oxygen atoms in total. The van der Waals surface area contributed by atoms with Gasteiger partial charge in [-0.2, -0.15) is 0 Å². The van der Waals surface area contributed by atoms with Crippen LogP contribution in [-0.2, 0) is 46.1 Å². The van der Waals surface area contributed by atoms with Gasteiger partial charge >= 0.3 is 0 Å². The van der Waals surface area contributed by atoms with Crippen molar-refractivity contribution in [1.82, 2.24) is 52.8 Å². The SMILES string of the molecule is CN(C)CCCNC(=O)c1cc(NC(=O)c2cc(NC(=O)c3cc(NC=O)cn3C)cn2CCCCCCCCCCn2cc(NC(=O)c3nccn3C)cc2C(=O)Nc2cc(C(=O)NCCCN(C)C)n(C)c2)cn1C. The summed E-state index contributed by atoms with van der Waals surface area (Å²) >= 11 is 0. The number of aromatic nitrogens is 7. The summed E-state index contributed by atoms with van der Waals surface area (Å²) in [5.74, 6) is -1.84. The average Bonchev–Trinajstić information content (AvgIpc) is 4.26. The molecule has 6 aromatic rings. The van der Waals surface area contributed by atoms with E-state index in [0.29, 0.717) is 89.5 Å². The normalized spacial score (nSPS) is 11.2. The maximum absolute atomic E-state index is 13.9. The lowest BCUT2D eigenvalue weighted by Gasteiger charge is -2.10. The molecule has 77 heavy (non-hydrogen) atoms. The molecule has 7 amide bonds. The number of nitrogens with zero attached hydrogens (tertiary/aromatic N) is 9. The van der Waals surface area contributed by atoms with Gasteiger partial charge in [0.15, 0.2) is 5.82 Å². The minimum absolute atomic E-state index is 0.232. The fourth-order valence-electron chi connectivity index (χ4n) is 8.92. The fraction of sp³-hybridized carbons (Fsp3) is 0.444. The molecule has 414 valence electrons. The smallest absolute Gasteiger partial charge is 0.291 e. The van der Waals surface area contributed by atoms with Crippen molar-refractivity contribution < 1.29 is 33.6 Å². The Morgan fingerprint density at radius 2 is 0.818 bits per heavy atom. The van der Waals surface area contributed by atoms with Crippen LogP contribution in [0.15, 0.2) is 73.7 Å². The quantitative estimate of drug-likeness (QED) is 0.0204. The number of rotatable bonds is 31. The molecule has 0 saturated carbocycles. The highest BCUT2D eigenvalue weighted by molar-refractivity contribution is 6.08. The van der Waals surface area contributed by atoms with Gasteiger partial charge in [-0.1, -0.05) is 38.5 Å². The molecule has 0 bridgehead atoms. The van der Waals surface area contributed by atoms with E-state index >= 15 is 0 Å². The summed E-state index contributed by atoms with van der Waals surface area (Å²) in [6, 6.07) is 8.11. The zero-order chi connectivity index (χ0) is 55.6. The van der Waals surface area contributed by atoms with E-state index in [0.717, 1.165) is 77.3 Å². The molecular formula is C54H76N16O7. The molecule has 23 heteroatoms. The number of imidazole rings is 1. The van der Waals surface area contributed by atoms with Gasteiger partial charge in [0.25, 0.3) is 35.4 Å². The maximum atomic E-state index is 13.9. The van der Waals surface area contributed by atoms with Crippen molar-refractivity contribution in [2.45, 2.75) is 77.3 Å². The number of carbonyl (C=O) groups excluding carboxylic acids is 7. The second-order valence-electron chi connectivity index (χ2n) is 19.9. The Bertz CT molecular complexity index is 2980. The van der Waals surface area contributed by atoms with E-state index in [1.54, 1.807) is 120 Å². The molecule has 0 spiro atoms. The number of hydrogen-bond donors (Lipinski definition) is 7. The number of aryl methyl sites for hydroxylation is 6. The van der Waals surface area contributed by atoms with Crippen molar-refractivity contribution in [3.8, 4) is 0 Å². The highest BCUT2D eigenvalue weighted by Gasteiger charge is 2.22. The summed E-state index contributed by atoms with van der Waals surface area (Å²) < 4.78 is 10.2. The van der Waals surface area contributed by atoms with Crippen LogP contribution >= 0.6 is 0 Å². The first-order valence-electron chi connectivity index (χ1n) is 26.1. The first kappa shape index (κ1) is 58.1. The summed E-state index contributed by atoms with van der Waals surface area (Å²) in [5, 5.41) is 20.1. The van der Waals surface area contributed by atoms with Crippen molar-refractivity contribution in [2.75, 3.05) is 81.0 Å². The molecule has 0 unspecified atom stereocenters. The largest absolute Gasteiger partial charge is 0.351 e. The highest BCUT2D eigenvalue weighted by atomic mass is 16.2. The van der Waals surface area contributed by atoms with Crippen LogP contribution in [0.4, 0.5) is 28.4 Å². The number of carbonyl (C=O) groups is 7. The highest BCUT2D eigenvalue weighted by Crippen LogP contribution is 2.23. The Hall–Kier alpha value is -8.18. The van der Waals surface area contributed by atoms with Gasteiger partial charge in [-0.25, -0.2) is 4.98 Å². The third-order valence-corrected chi connectivity index (χ3v) is 12.9. The molecule has 0 fully saturated rings.